The minimum Gasteiger partial charge on any atom is -0.493 e. The van der Waals surface area contributed by atoms with Gasteiger partial charge in [0.1, 0.15) is 11.3 Å². The number of urea groups is 1. The third-order valence-electron chi connectivity index (χ3n) is 4.05. The summed E-state index contributed by atoms with van der Waals surface area (Å²) >= 11 is 6.09. The minimum absolute atomic E-state index is 0.0528. The number of imide groups is 2. The first-order valence-corrected chi connectivity index (χ1v) is 8.87. The molecular weight excluding hydrogens is 400 g/mol. The molecule has 0 bridgehead atoms. The molecular formula is C20H15ClN2O6. The molecule has 1 saturated heterocycles. The predicted molar refractivity (Wildman–Crippen MR) is 105 cm³/mol. The smallest absolute Gasteiger partial charge is 0.335 e. The number of carbonyl (C=O) groups excluding carboxylic acids is 3. The number of benzene rings is 2. The molecule has 1 aliphatic rings. The largest absolute Gasteiger partial charge is 0.493 e. The van der Waals surface area contributed by atoms with Gasteiger partial charge in [0, 0.05) is 5.56 Å². The van der Waals surface area contributed by atoms with E-state index in [2.05, 4.69) is 5.32 Å². The van der Waals surface area contributed by atoms with Crippen molar-refractivity contribution in [2.24, 2.45) is 0 Å². The Kier molecular flexibility index (Phi) is 5.65. The van der Waals surface area contributed by atoms with E-state index in [-0.39, 0.29) is 39.8 Å². The van der Waals surface area contributed by atoms with Crippen LogP contribution in [0, 0.1) is 0 Å². The van der Waals surface area contributed by atoms with Crippen LogP contribution in [0.1, 0.15) is 22.8 Å². The number of halogens is 1. The lowest BCUT2D eigenvalue weighted by Crippen LogP contribution is -2.54. The fourth-order valence-corrected chi connectivity index (χ4v) is 2.97. The van der Waals surface area contributed by atoms with Crippen LogP contribution >= 0.6 is 11.6 Å². The topological polar surface area (TPSA) is 113 Å². The van der Waals surface area contributed by atoms with Gasteiger partial charge in [-0.15, -0.1) is 0 Å². The number of hydrogen-bond donors (Lipinski definition) is 2. The second-order valence-electron chi connectivity index (χ2n) is 5.90. The Bertz CT molecular complexity index is 1060. The summed E-state index contributed by atoms with van der Waals surface area (Å²) in [6.07, 6.45) is 1.19. The molecule has 0 radical (unpaired) electrons. The first-order chi connectivity index (χ1) is 13.8. The number of aromatic carboxylic acids is 1. The van der Waals surface area contributed by atoms with E-state index in [1.165, 1.54) is 36.4 Å². The zero-order valence-corrected chi connectivity index (χ0v) is 15.9. The molecule has 0 atom stereocenters. The number of nitrogens with zero attached hydrogens (tertiary/aromatic N) is 1. The Morgan fingerprint density at radius 2 is 1.93 bits per heavy atom. The van der Waals surface area contributed by atoms with Crippen LogP contribution in [-0.2, 0) is 9.59 Å². The number of anilines is 1. The Labute approximate surface area is 170 Å². The van der Waals surface area contributed by atoms with Crippen LogP contribution < -0.4 is 15.0 Å². The number of carboxylic acids is 1. The highest BCUT2D eigenvalue weighted by Gasteiger charge is 2.37. The van der Waals surface area contributed by atoms with Crippen molar-refractivity contribution in [1.82, 2.24) is 5.32 Å². The van der Waals surface area contributed by atoms with E-state index < -0.39 is 23.8 Å². The molecule has 4 amide bonds. The highest BCUT2D eigenvalue weighted by atomic mass is 35.5. The lowest BCUT2D eigenvalue weighted by Gasteiger charge is -2.27. The van der Waals surface area contributed by atoms with Gasteiger partial charge in [0.25, 0.3) is 11.8 Å². The van der Waals surface area contributed by atoms with Crippen molar-refractivity contribution < 1.29 is 29.0 Å². The molecule has 1 aliphatic heterocycles. The predicted octanol–water partition coefficient (Wildman–Crippen LogP) is 3.10. The molecule has 0 aliphatic carbocycles. The molecule has 2 aromatic carbocycles. The summed E-state index contributed by atoms with van der Waals surface area (Å²) < 4.78 is 5.45. The van der Waals surface area contributed by atoms with Gasteiger partial charge in [-0.3, -0.25) is 14.9 Å². The van der Waals surface area contributed by atoms with E-state index in [0.717, 1.165) is 4.90 Å². The number of hydrogen-bond acceptors (Lipinski definition) is 5. The molecule has 8 nitrogen and oxygen atoms in total. The Morgan fingerprint density at radius 3 is 2.59 bits per heavy atom. The zero-order valence-electron chi connectivity index (χ0n) is 15.1. The van der Waals surface area contributed by atoms with Crippen molar-refractivity contribution in [3.05, 3.63) is 64.2 Å². The van der Waals surface area contributed by atoms with Crippen LogP contribution in [0.4, 0.5) is 10.5 Å². The first-order valence-electron chi connectivity index (χ1n) is 8.49. The van der Waals surface area contributed by atoms with Crippen molar-refractivity contribution in [3.63, 3.8) is 0 Å². The van der Waals surface area contributed by atoms with Crippen LogP contribution in [0.25, 0.3) is 6.08 Å². The Hall–Kier alpha value is -3.65. The van der Waals surface area contributed by atoms with Gasteiger partial charge in [0.15, 0.2) is 0 Å². The highest BCUT2D eigenvalue weighted by Crippen LogP contribution is 2.30. The number of nitrogens with one attached hydrogen (secondary N) is 1. The summed E-state index contributed by atoms with van der Waals surface area (Å²) in [7, 11) is 0. The van der Waals surface area contributed by atoms with Crippen LogP contribution in [0.15, 0.2) is 48.0 Å². The quantitative estimate of drug-likeness (QED) is 0.574. The maximum atomic E-state index is 13.0. The van der Waals surface area contributed by atoms with Gasteiger partial charge < -0.3 is 9.84 Å². The molecule has 0 spiro atoms. The van der Waals surface area contributed by atoms with Crippen molar-refractivity contribution in [1.29, 1.82) is 0 Å². The Morgan fingerprint density at radius 1 is 1.21 bits per heavy atom. The zero-order chi connectivity index (χ0) is 21.1. The van der Waals surface area contributed by atoms with E-state index in [0.29, 0.717) is 0 Å². The van der Waals surface area contributed by atoms with E-state index >= 15 is 0 Å². The number of carboxylic acid groups (broad SMARTS) is 1. The molecule has 0 aromatic heterocycles. The number of amides is 4. The van der Waals surface area contributed by atoms with E-state index in [4.69, 9.17) is 16.3 Å². The standard InChI is InChI=1S/C20H15ClN2O6/c1-2-29-16-8-7-11(19(26)27)9-12(16)10-13-17(24)22-20(28)23(18(13)25)15-6-4-3-5-14(15)21/h3-10H,2H2,1H3,(H,26,27)(H,22,24,28). The van der Waals surface area contributed by atoms with Gasteiger partial charge in [-0.2, -0.15) is 0 Å². The lowest BCUT2D eigenvalue weighted by molar-refractivity contribution is -0.122. The van der Waals surface area contributed by atoms with Crippen LogP contribution in [-0.4, -0.2) is 35.5 Å². The van der Waals surface area contributed by atoms with Crippen molar-refractivity contribution in [3.8, 4) is 5.75 Å². The fraction of sp³-hybridized carbons (Fsp3) is 0.100. The van der Waals surface area contributed by atoms with Crippen LogP contribution in [0.3, 0.4) is 0 Å². The van der Waals surface area contributed by atoms with E-state index in [1.807, 2.05) is 0 Å². The maximum absolute atomic E-state index is 13.0. The second kappa shape index (κ2) is 8.15. The van der Waals surface area contributed by atoms with Crippen molar-refractivity contribution >= 4 is 47.2 Å². The highest BCUT2D eigenvalue weighted by molar-refractivity contribution is 6.42. The molecule has 148 valence electrons. The number of barbiturate groups is 1. The van der Waals surface area contributed by atoms with Gasteiger partial charge in [0.2, 0.25) is 0 Å². The summed E-state index contributed by atoms with van der Waals surface area (Å²) in [6, 6.07) is 9.30. The summed E-state index contributed by atoms with van der Waals surface area (Å²) in [4.78, 5) is 49.6. The van der Waals surface area contributed by atoms with E-state index in [1.54, 1.807) is 19.1 Å². The molecule has 2 N–H and O–H groups in total. The third kappa shape index (κ3) is 3.97. The van der Waals surface area contributed by atoms with Gasteiger partial charge in [-0.25, -0.2) is 14.5 Å². The summed E-state index contributed by atoms with van der Waals surface area (Å²) in [5, 5.41) is 11.5. The van der Waals surface area contributed by atoms with Crippen molar-refractivity contribution in [2.45, 2.75) is 6.92 Å². The summed E-state index contributed by atoms with van der Waals surface area (Å²) in [5.41, 5.74) is -0.103. The number of carbonyl (C=O) groups is 4. The summed E-state index contributed by atoms with van der Waals surface area (Å²) in [6.45, 7) is 2.02. The summed E-state index contributed by atoms with van der Waals surface area (Å²) in [5.74, 6) is -2.70. The van der Waals surface area contributed by atoms with Crippen molar-refractivity contribution in [2.75, 3.05) is 11.5 Å². The molecule has 3 rings (SSSR count). The molecule has 1 heterocycles. The van der Waals surface area contributed by atoms with Crippen LogP contribution in [0.5, 0.6) is 5.75 Å². The maximum Gasteiger partial charge on any atom is 0.335 e. The van der Waals surface area contributed by atoms with Gasteiger partial charge >= 0.3 is 12.0 Å². The van der Waals surface area contributed by atoms with E-state index in [9.17, 15) is 24.3 Å². The van der Waals surface area contributed by atoms with Gasteiger partial charge in [-0.1, -0.05) is 23.7 Å². The second-order valence-corrected chi connectivity index (χ2v) is 6.31. The Balaban J connectivity index is 2.11. The molecule has 29 heavy (non-hydrogen) atoms. The molecule has 0 saturated carbocycles. The average molecular weight is 415 g/mol. The monoisotopic (exact) mass is 414 g/mol. The van der Waals surface area contributed by atoms with Gasteiger partial charge in [-0.05, 0) is 43.3 Å². The molecule has 9 heteroatoms. The molecule has 2 aromatic rings. The normalized spacial score (nSPS) is 15.4. The number of ether oxygens (including phenoxy) is 1. The van der Waals surface area contributed by atoms with Crippen LogP contribution in [0.2, 0.25) is 5.02 Å². The fourth-order valence-electron chi connectivity index (χ4n) is 2.75. The molecule has 1 fully saturated rings. The minimum atomic E-state index is -1.18. The number of para-hydroxylation sites is 1. The lowest BCUT2D eigenvalue weighted by atomic mass is 10.0. The average Bonchev–Trinajstić information content (AvgIpc) is 2.67. The molecule has 0 unspecified atom stereocenters. The first kappa shape index (κ1) is 20.1. The third-order valence-corrected chi connectivity index (χ3v) is 4.37. The van der Waals surface area contributed by atoms with Gasteiger partial charge in [0.05, 0.1) is 22.9 Å². The number of rotatable bonds is 5. The SMILES string of the molecule is CCOc1ccc(C(=O)O)cc1C=C1C(=O)NC(=O)N(c2ccccc2Cl)C1=O.